The molecule has 1 N–H and O–H groups in total. The molecule has 32 heavy (non-hydrogen) atoms. The Morgan fingerprint density at radius 2 is 1.69 bits per heavy atom. The fourth-order valence-electron chi connectivity index (χ4n) is 3.74. The number of carbonyl (C=O) groups is 1. The van der Waals surface area contributed by atoms with Gasteiger partial charge in [-0.3, -0.25) is 4.79 Å². The SMILES string of the molecule is COc1ccc(S(=O)(=O)N2CCc3ccc(NC(=O)c4ccccc4OC)cc3C2)cc1. The van der Waals surface area contributed by atoms with E-state index in [1.807, 2.05) is 18.2 Å². The first-order valence-corrected chi connectivity index (χ1v) is 11.6. The number of hydrogen-bond donors (Lipinski definition) is 1. The number of hydrogen-bond acceptors (Lipinski definition) is 5. The van der Waals surface area contributed by atoms with Crippen LogP contribution in [0.25, 0.3) is 0 Å². The number of ether oxygens (including phenoxy) is 2. The second kappa shape index (κ2) is 9.02. The first-order valence-electron chi connectivity index (χ1n) is 10.1. The van der Waals surface area contributed by atoms with Crippen LogP contribution >= 0.6 is 0 Å². The van der Waals surface area contributed by atoms with Crippen molar-refractivity contribution in [1.82, 2.24) is 4.31 Å². The summed E-state index contributed by atoms with van der Waals surface area (Å²) < 4.78 is 38.1. The van der Waals surface area contributed by atoms with Crippen LogP contribution in [0.1, 0.15) is 21.5 Å². The molecule has 0 saturated heterocycles. The number of rotatable bonds is 6. The van der Waals surface area contributed by atoms with Gasteiger partial charge in [-0.25, -0.2) is 8.42 Å². The summed E-state index contributed by atoms with van der Waals surface area (Å²) in [5, 5.41) is 2.88. The topological polar surface area (TPSA) is 84.9 Å². The van der Waals surface area contributed by atoms with Gasteiger partial charge >= 0.3 is 0 Å². The molecule has 0 aromatic heterocycles. The van der Waals surface area contributed by atoms with E-state index in [4.69, 9.17) is 9.47 Å². The van der Waals surface area contributed by atoms with Gasteiger partial charge in [-0.15, -0.1) is 0 Å². The van der Waals surface area contributed by atoms with Crippen molar-refractivity contribution in [3.63, 3.8) is 0 Å². The van der Waals surface area contributed by atoms with E-state index in [1.165, 1.54) is 18.5 Å². The zero-order chi connectivity index (χ0) is 22.7. The minimum absolute atomic E-state index is 0.224. The monoisotopic (exact) mass is 452 g/mol. The third-order valence-electron chi connectivity index (χ3n) is 5.49. The Hall–Kier alpha value is -3.36. The van der Waals surface area contributed by atoms with Crippen molar-refractivity contribution in [3.05, 3.63) is 83.4 Å². The fraction of sp³-hybridized carbons (Fsp3) is 0.208. The van der Waals surface area contributed by atoms with E-state index >= 15 is 0 Å². The molecule has 0 spiro atoms. The van der Waals surface area contributed by atoms with Crippen molar-refractivity contribution in [2.24, 2.45) is 0 Å². The Morgan fingerprint density at radius 1 is 0.938 bits per heavy atom. The molecule has 8 heteroatoms. The van der Waals surface area contributed by atoms with Crippen LogP contribution in [0.2, 0.25) is 0 Å². The average Bonchev–Trinajstić information content (AvgIpc) is 2.83. The molecule has 7 nitrogen and oxygen atoms in total. The highest BCUT2D eigenvalue weighted by Crippen LogP contribution is 2.28. The highest BCUT2D eigenvalue weighted by atomic mass is 32.2. The van der Waals surface area contributed by atoms with Gasteiger partial charge in [-0.05, 0) is 66.1 Å². The smallest absolute Gasteiger partial charge is 0.259 e. The third-order valence-corrected chi connectivity index (χ3v) is 7.35. The van der Waals surface area contributed by atoms with Crippen LogP contribution in [0.3, 0.4) is 0 Å². The fourth-order valence-corrected chi connectivity index (χ4v) is 5.16. The summed E-state index contributed by atoms with van der Waals surface area (Å²) in [6.07, 6.45) is 0.603. The Labute approximate surface area is 187 Å². The lowest BCUT2D eigenvalue weighted by molar-refractivity contribution is 0.102. The predicted molar refractivity (Wildman–Crippen MR) is 122 cm³/mol. The number of carbonyl (C=O) groups excluding carboxylic acids is 1. The Bertz CT molecular complexity index is 1240. The van der Waals surface area contributed by atoms with Gasteiger partial charge in [0.15, 0.2) is 0 Å². The molecule has 0 bridgehead atoms. The van der Waals surface area contributed by atoms with E-state index in [9.17, 15) is 13.2 Å². The van der Waals surface area contributed by atoms with Crippen molar-refractivity contribution in [2.75, 3.05) is 26.1 Å². The maximum atomic E-state index is 13.1. The quantitative estimate of drug-likeness (QED) is 0.616. The molecule has 0 radical (unpaired) electrons. The van der Waals surface area contributed by atoms with Crippen molar-refractivity contribution in [3.8, 4) is 11.5 Å². The van der Waals surface area contributed by atoms with Gasteiger partial charge in [0.2, 0.25) is 10.0 Å². The van der Waals surface area contributed by atoms with E-state index in [2.05, 4.69) is 5.32 Å². The highest BCUT2D eigenvalue weighted by molar-refractivity contribution is 7.89. The van der Waals surface area contributed by atoms with E-state index in [0.29, 0.717) is 35.7 Å². The molecule has 166 valence electrons. The van der Waals surface area contributed by atoms with Crippen LogP contribution in [0.5, 0.6) is 11.5 Å². The van der Waals surface area contributed by atoms with Gasteiger partial charge in [-0.2, -0.15) is 4.31 Å². The summed E-state index contributed by atoms with van der Waals surface area (Å²) in [7, 11) is -0.590. The first-order chi connectivity index (χ1) is 15.4. The van der Waals surface area contributed by atoms with Gasteiger partial charge < -0.3 is 14.8 Å². The minimum Gasteiger partial charge on any atom is -0.497 e. The van der Waals surface area contributed by atoms with Crippen molar-refractivity contribution >= 4 is 21.6 Å². The number of amides is 1. The molecule has 0 fully saturated rings. The summed E-state index contributed by atoms with van der Waals surface area (Å²) in [4.78, 5) is 12.9. The normalized spacial score (nSPS) is 13.8. The molecular formula is C24H24N2O5S. The van der Waals surface area contributed by atoms with Gasteiger partial charge in [0.05, 0.1) is 24.7 Å². The van der Waals surface area contributed by atoms with E-state index in [0.717, 1.165) is 11.1 Å². The van der Waals surface area contributed by atoms with E-state index < -0.39 is 10.0 Å². The Balaban J connectivity index is 1.54. The minimum atomic E-state index is -3.64. The van der Waals surface area contributed by atoms with E-state index in [-0.39, 0.29) is 17.3 Å². The molecule has 0 atom stereocenters. The van der Waals surface area contributed by atoms with Crippen LogP contribution in [-0.4, -0.2) is 39.4 Å². The number of nitrogens with one attached hydrogen (secondary N) is 1. The molecular weight excluding hydrogens is 428 g/mol. The number of methoxy groups -OCH3 is 2. The molecule has 0 unspecified atom stereocenters. The number of para-hydroxylation sites is 1. The molecule has 3 aromatic rings. The van der Waals surface area contributed by atoms with Crippen LogP contribution < -0.4 is 14.8 Å². The zero-order valence-electron chi connectivity index (χ0n) is 17.9. The van der Waals surface area contributed by atoms with Crippen molar-refractivity contribution < 1.29 is 22.7 Å². The molecule has 0 aliphatic carbocycles. The second-order valence-electron chi connectivity index (χ2n) is 7.40. The largest absolute Gasteiger partial charge is 0.497 e. The lowest BCUT2D eigenvalue weighted by atomic mass is 10.0. The molecule has 1 amide bonds. The van der Waals surface area contributed by atoms with Gasteiger partial charge in [0.25, 0.3) is 5.91 Å². The number of benzene rings is 3. The Morgan fingerprint density at radius 3 is 2.41 bits per heavy atom. The van der Waals surface area contributed by atoms with E-state index in [1.54, 1.807) is 48.5 Å². The molecule has 1 heterocycles. The average molecular weight is 453 g/mol. The maximum Gasteiger partial charge on any atom is 0.259 e. The third kappa shape index (κ3) is 4.32. The van der Waals surface area contributed by atoms with Crippen LogP contribution in [0.4, 0.5) is 5.69 Å². The number of anilines is 1. The summed E-state index contributed by atoms with van der Waals surface area (Å²) in [6.45, 7) is 0.635. The molecule has 1 aliphatic rings. The van der Waals surface area contributed by atoms with Crippen molar-refractivity contribution in [2.45, 2.75) is 17.9 Å². The maximum absolute atomic E-state index is 13.1. The summed E-state index contributed by atoms with van der Waals surface area (Å²) in [6, 6.07) is 19.0. The van der Waals surface area contributed by atoms with Crippen LogP contribution in [0.15, 0.2) is 71.6 Å². The number of fused-ring (bicyclic) bond motifs is 1. The lowest BCUT2D eigenvalue weighted by Crippen LogP contribution is -2.36. The van der Waals surface area contributed by atoms with Crippen LogP contribution in [-0.2, 0) is 23.0 Å². The Kier molecular flexibility index (Phi) is 6.16. The standard InChI is InChI=1S/C24H24N2O5S/c1-30-20-9-11-21(12-10-20)32(28,29)26-14-13-17-7-8-19(15-18(17)16-26)25-24(27)22-5-3-4-6-23(22)31-2/h3-12,15H,13-14,16H2,1-2H3,(H,25,27). The molecule has 1 aliphatic heterocycles. The zero-order valence-corrected chi connectivity index (χ0v) is 18.7. The lowest BCUT2D eigenvalue weighted by Gasteiger charge is -2.28. The van der Waals surface area contributed by atoms with Crippen LogP contribution in [0, 0.1) is 0 Å². The van der Waals surface area contributed by atoms with Gasteiger partial charge in [0, 0.05) is 18.8 Å². The first kappa shape index (κ1) is 21.9. The van der Waals surface area contributed by atoms with Gasteiger partial charge in [0.1, 0.15) is 11.5 Å². The molecule has 0 saturated carbocycles. The predicted octanol–water partition coefficient (Wildman–Crippen LogP) is 3.70. The number of nitrogens with zero attached hydrogens (tertiary/aromatic N) is 1. The molecule has 4 rings (SSSR count). The summed E-state index contributed by atoms with van der Waals surface area (Å²) in [5.74, 6) is 0.795. The molecule has 3 aromatic carbocycles. The highest BCUT2D eigenvalue weighted by Gasteiger charge is 2.28. The second-order valence-corrected chi connectivity index (χ2v) is 9.34. The van der Waals surface area contributed by atoms with Gasteiger partial charge in [-0.1, -0.05) is 18.2 Å². The van der Waals surface area contributed by atoms with Crippen molar-refractivity contribution in [1.29, 1.82) is 0 Å². The summed E-state index contributed by atoms with van der Waals surface area (Å²) >= 11 is 0. The summed E-state index contributed by atoms with van der Waals surface area (Å²) in [5.41, 5.74) is 2.97. The number of sulfonamides is 1.